The topological polar surface area (TPSA) is 65.0 Å². The minimum atomic E-state index is -0.246. The molecule has 172 valence electrons. The summed E-state index contributed by atoms with van der Waals surface area (Å²) in [6.45, 7) is 5.40. The quantitative estimate of drug-likeness (QED) is 0.488. The van der Waals surface area contributed by atoms with Gasteiger partial charge in [0.15, 0.2) is 5.11 Å². The van der Waals surface area contributed by atoms with E-state index >= 15 is 0 Å². The number of thiophene rings is 1. The van der Waals surface area contributed by atoms with E-state index in [9.17, 15) is 9.90 Å². The third kappa shape index (κ3) is 5.18. The maximum absolute atomic E-state index is 12.8. The number of carbonyl (C=O) groups excluding carboxylic acids is 1. The highest BCUT2D eigenvalue weighted by atomic mass is 32.1. The Bertz CT molecular complexity index is 967. The number of carbonyl (C=O) groups is 1. The number of esters is 1. The molecule has 1 aliphatic carbocycles. The number of piperazine rings is 1. The van der Waals surface area contributed by atoms with Crippen molar-refractivity contribution in [3.63, 3.8) is 0 Å². The predicted molar refractivity (Wildman–Crippen MR) is 134 cm³/mol. The van der Waals surface area contributed by atoms with Crippen LogP contribution in [0, 0.1) is 0 Å². The Morgan fingerprint density at radius 2 is 1.91 bits per heavy atom. The number of aromatic hydroxyl groups is 1. The molecule has 0 unspecified atom stereocenters. The Kier molecular flexibility index (Phi) is 7.52. The van der Waals surface area contributed by atoms with Gasteiger partial charge in [-0.15, -0.1) is 11.3 Å². The average Bonchev–Trinajstić information content (AvgIpc) is 3.10. The van der Waals surface area contributed by atoms with E-state index in [0.29, 0.717) is 17.3 Å². The lowest BCUT2D eigenvalue weighted by atomic mass is 9.96. The first kappa shape index (κ1) is 22.9. The molecular formula is C24H31N3O3S2. The Hall–Kier alpha value is -2.32. The first-order valence-corrected chi connectivity index (χ1v) is 12.7. The molecule has 2 aliphatic rings. The normalized spacial score (nSPS) is 16.7. The summed E-state index contributed by atoms with van der Waals surface area (Å²) in [6.07, 6.45) is 6.67. The fraction of sp³-hybridized carbons (Fsp3) is 0.500. The lowest BCUT2D eigenvalue weighted by Crippen LogP contribution is -2.50. The molecule has 0 bridgehead atoms. The second kappa shape index (κ2) is 10.5. The number of phenols is 1. The second-order valence-corrected chi connectivity index (χ2v) is 9.76. The van der Waals surface area contributed by atoms with Crippen molar-refractivity contribution >= 4 is 45.3 Å². The summed E-state index contributed by atoms with van der Waals surface area (Å²) >= 11 is 7.41. The summed E-state index contributed by atoms with van der Waals surface area (Å²) in [4.78, 5) is 18.5. The monoisotopic (exact) mass is 473 g/mol. The molecule has 0 spiro atoms. The first-order valence-electron chi connectivity index (χ1n) is 11.5. The standard InChI is InChI=1S/C24H31N3O3S2/c1-2-30-23(29)21-19-10-5-3-4-6-11-20(19)32-22(21)25-24(31)27-14-12-26(13-15-27)17-8-7-9-18(28)16-17/h7-9,16,28H,2-6,10-15H2,1H3,(H,25,31). The van der Waals surface area contributed by atoms with Gasteiger partial charge in [0, 0.05) is 42.8 Å². The van der Waals surface area contributed by atoms with Gasteiger partial charge in [-0.1, -0.05) is 18.9 Å². The van der Waals surface area contributed by atoms with Gasteiger partial charge in [-0.25, -0.2) is 4.79 Å². The number of anilines is 2. The highest BCUT2D eigenvalue weighted by Crippen LogP contribution is 2.38. The molecule has 4 rings (SSSR count). The van der Waals surface area contributed by atoms with Gasteiger partial charge < -0.3 is 25.0 Å². The van der Waals surface area contributed by atoms with Gasteiger partial charge in [-0.05, 0) is 62.5 Å². The maximum atomic E-state index is 12.8. The zero-order valence-corrected chi connectivity index (χ0v) is 20.2. The zero-order valence-electron chi connectivity index (χ0n) is 18.6. The Labute approximate surface area is 199 Å². The van der Waals surface area contributed by atoms with Crippen molar-refractivity contribution in [3.05, 3.63) is 40.3 Å². The number of aryl methyl sites for hydroxylation is 1. The number of thiocarbonyl (C=S) groups is 1. The number of benzene rings is 1. The number of nitrogens with one attached hydrogen (secondary N) is 1. The van der Waals surface area contributed by atoms with Gasteiger partial charge in [0.2, 0.25) is 0 Å². The van der Waals surface area contributed by atoms with Crippen molar-refractivity contribution in [1.29, 1.82) is 0 Å². The smallest absolute Gasteiger partial charge is 0.341 e. The van der Waals surface area contributed by atoms with Crippen LogP contribution < -0.4 is 10.2 Å². The van der Waals surface area contributed by atoms with Crippen LogP contribution in [0.2, 0.25) is 0 Å². The predicted octanol–water partition coefficient (Wildman–Crippen LogP) is 4.81. The fourth-order valence-electron chi connectivity index (χ4n) is 4.46. The lowest BCUT2D eigenvalue weighted by Gasteiger charge is -2.37. The van der Waals surface area contributed by atoms with Crippen LogP contribution in [0.5, 0.6) is 5.75 Å². The molecule has 2 heterocycles. The molecular weight excluding hydrogens is 442 g/mol. The lowest BCUT2D eigenvalue weighted by molar-refractivity contribution is 0.0526. The van der Waals surface area contributed by atoms with Crippen LogP contribution in [0.1, 0.15) is 53.4 Å². The number of hydrogen-bond donors (Lipinski definition) is 2. The summed E-state index contributed by atoms with van der Waals surface area (Å²) in [6, 6.07) is 7.35. The van der Waals surface area contributed by atoms with Crippen molar-refractivity contribution < 1.29 is 14.6 Å². The van der Waals surface area contributed by atoms with Crippen LogP contribution in [0.3, 0.4) is 0 Å². The molecule has 6 nitrogen and oxygen atoms in total. The van der Waals surface area contributed by atoms with Crippen LogP contribution in [-0.4, -0.2) is 53.9 Å². The second-order valence-electron chi connectivity index (χ2n) is 8.27. The van der Waals surface area contributed by atoms with Gasteiger partial charge >= 0.3 is 5.97 Å². The van der Waals surface area contributed by atoms with Crippen molar-refractivity contribution in [2.45, 2.75) is 45.4 Å². The van der Waals surface area contributed by atoms with Crippen molar-refractivity contribution in [2.24, 2.45) is 0 Å². The molecule has 1 aromatic heterocycles. The number of ether oxygens (including phenoxy) is 1. The summed E-state index contributed by atoms with van der Waals surface area (Å²) in [5.74, 6) is 0.0338. The van der Waals surface area contributed by atoms with Crippen LogP contribution in [0.15, 0.2) is 24.3 Å². The zero-order chi connectivity index (χ0) is 22.5. The average molecular weight is 474 g/mol. The SMILES string of the molecule is CCOC(=O)c1c(NC(=S)N2CCN(c3cccc(O)c3)CC2)sc2c1CCCCCC2. The molecule has 0 atom stereocenters. The molecule has 32 heavy (non-hydrogen) atoms. The van der Waals surface area contributed by atoms with Gasteiger partial charge in [0.1, 0.15) is 10.8 Å². The van der Waals surface area contributed by atoms with Gasteiger partial charge in [-0.2, -0.15) is 0 Å². The van der Waals surface area contributed by atoms with Gasteiger partial charge in [0.05, 0.1) is 12.2 Å². The van der Waals surface area contributed by atoms with E-state index in [1.54, 1.807) is 23.5 Å². The summed E-state index contributed by atoms with van der Waals surface area (Å²) < 4.78 is 5.41. The Balaban J connectivity index is 1.47. The molecule has 0 amide bonds. The van der Waals surface area contributed by atoms with Crippen LogP contribution in [0.25, 0.3) is 0 Å². The number of fused-ring (bicyclic) bond motifs is 1. The summed E-state index contributed by atoms with van der Waals surface area (Å²) in [7, 11) is 0. The Morgan fingerprint density at radius 1 is 1.16 bits per heavy atom. The Morgan fingerprint density at radius 3 is 2.62 bits per heavy atom. The third-order valence-corrected chi connectivity index (χ3v) is 7.70. The molecule has 0 saturated carbocycles. The fourth-order valence-corrected chi connectivity index (χ4v) is 6.09. The van der Waals surface area contributed by atoms with E-state index < -0.39 is 0 Å². The summed E-state index contributed by atoms with van der Waals surface area (Å²) in [5.41, 5.74) is 2.87. The van der Waals surface area contributed by atoms with E-state index in [2.05, 4.69) is 15.1 Å². The first-order chi connectivity index (χ1) is 15.6. The largest absolute Gasteiger partial charge is 0.508 e. The number of phenolic OH excluding ortho intramolecular Hbond substituents is 1. The van der Waals surface area contributed by atoms with E-state index in [1.165, 1.54) is 17.7 Å². The van der Waals surface area contributed by atoms with E-state index in [0.717, 1.165) is 68.1 Å². The third-order valence-electron chi connectivity index (χ3n) is 6.13. The van der Waals surface area contributed by atoms with Gasteiger partial charge in [0.25, 0.3) is 0 Å². The maximum Gasteiger partial charge on any atom is 0.341 e. The summed E-state index contributed by atoms with van der Waals surface area (Å²) in [5, 5.41) is 14.6. The van der Waals surface area contributed by atoms with Crippen LogP contribution in [-0.2, 0) is 17.6 Å². The highest BCUT2D eigenvalue weighted by molar-refractivity contribution is 7.80. The molecule has 1 saturated heterocycles. The molecule has 2 aromatic rings. The van der Waals surface area contributed by atoms with Crippen LogP contribution >= 0.6 is 23.6 Å². The number of rotatable bonds is 4. The molecule has 2 N–H and O–H groups in total. The molecule has 1 fully saturated rings. The molecule has 1 aromatic carbocycles. The van der Waals surface area contributed by atoms with Gasteiger partial charge in [-0.3, -0.25) is 0 Å². The van der Waals surface area contributed by atoms with E-state index in [1.807, 2.05) is 19.1 Å². The van der Waals surface area contributed by atoms with E-state index in [-0.39, 0.29) is 11.7 Å². The molecule has 8 heteroatoms. The van der Waals surface area contributed by atoms with Crippen molar-refractivity contribution in [1.82, 2.24) is 4.90 Å². The highest BCUT2D eigenvalue weighted by Gasteiger charge is 2.27. The number of nitrogens with zero attached hydrogens (tertiary/aromatic N) is 2. The van der Waals surface area contributed by atoms with E-state index in [4.69, 9.17) is 17.0 Å². The number of hydrogen-bond acceptors (Lipinski definition) is 6. The minimum absolute atomic E-state index is 0.246. The molecule has 0 radical (unpaired) electrons. The van der Waals surface area contributed by atoms with Crippen LogP contribution in [0.4, 0.5) is 10.7 Å². The van der Waals surface area contributed by atoms with Crippen molar-refractivity contribution in [2.75, 3.05) is 43.0 Å². The van der Waals surface area contributed by atoms with Crippen molar-refractivity contribution in [3.8, 4) is 5.75 Å². The minimum Gasteiger partial charge on any atom is -0.508 e. The molecule has 1 aliphatic heterocycles.